The summed E-state index contributed by atoms with van der Waals surface area (Å²) in [6, 6.07) is 4.57. The second-order valence-corrected chi connectivity index (χ2v) is 8.33. The maximum absolute atomic E-state index is 14.8. The number of benzene rings is 1. The van der Waals surface area contributed by atoms with E-state index in [1.807, 2.05) is 6.92 Å². The quantitative estimate of drug-likeness (QED) is 0.720. The number of carbonyl (C=O) groups excluding carboxylic acids is 1. The number of hydrogen-bond acceptors (Lipinski definition) is 8. The standard InChI is InChI=1S/C20H23FN4O3S/c1-11-18(28-4)20(2,25-19(22)29-11)13-7-12(5-6-14(13)21)8-16(26)15-9-24-17(27-3)10-23-15/h5-7,9-11,18H,8H2,1-4H3,(H2,22,25)/t11-,18+,20-/m1/s1. The van der Waals surface area contributed by atoms with E-state index in [-0.39, 0.29) is 29.3 Å². The second-order valence-electron chi connectivity index (χ2n) is 6.93. The van der Waals surface area contributed by atoms with Crippen LogP contribution in [0.3, 0.4) is 0 Å². The van der Waals surface area contributed by atoms with Crippen LogP contribution in [0.2, 0.25) is 0 Å². The first-order chi connectivity index (χ1) is 13.8. The largest absolute Gasteiger partial charge is 0.480 e. The highest BCUT2D eigenvalue weighted by molar-refractivity contribution is 8.14. The Morgan fingerprint density at radius 2 is 2.07 bits per heavy atom. The average molecular weight is 418 g/mol. The number of nitrogens with zero attached hydrogens (tertiary/aromatic N) is 3. The minimum absolute atomic E-state index is 0.0123. The molecule has 0 fully saturated rings. The van der Waals surface area contributed by atoms with E-state index < -0.39 is 11.4 Å². The molecule has 3 atom stereocenters. The molecule has 7 nitrogen and oxygen atoms in total. The molecule has 2 N–H and O–H groups in total. The van der Waals surface area contributed by atoms with Gasteiger partial charge in [-0.2, -0.15) is 0 Å². The lowest BCUT2D eigenvalue weighted by molar-refractivity contribution is 0.0407. The fraction of sp³-hybridized carbons (Fsp3) is 0.400. The van der Waals surface area contributed by atoms with Crippen LogP contribution in [0.1, 0.15) is 35.5 Å². The van der Waals surface area contributed by atoms with Gasteiger partial charge in [-0.05, 0) is 24.6 Å². The molecular formula is C20H23FN4O3S. The van der Waals surface area contributed by atoms with E-state index in [1.54, 1.807) is 26.2 Å². The van der Waals surface area contributed by atoms with E-state index in [4.69, 9.17) is 15.2 Å². The molecule has 0 bridgehead atoms. The van der Waals surface area contributed by atoms with Crippen molar-refractivity contribution < 1.29 is 18.7 Å². The second kappa shape index (κ2) is 8.46. The Morgan fingerprint density at radius 3 is 2.69 bits per heavy atom. The zero-order valence-corrected chi connectivity index (χ0v) is 17.5. The maximum Gasteiger partial charge on any atom is 0.232 e. The number of ether oxygens (including phenoxy) is 2. The Kier molecular flexibility index (Phi) is 6.18. The minimum atomic E-state index is -1.01. The van der Waals surface area contributed by atoms with E-state index in [9.17, 15) is 9.18 Å². The molecule has 1 aromatic heterocycles. The number of carbonyl (C=O) groups is 1. The van der Waals surface area contributed by atoms with Crippen LogP contribution in [0.25, 0.3) is 0 Å². The van der Waals surface area contributed by atoms with Gasteiger partial charge in [0.25, 0.3) is 0 Å². The summed E-state index contributed by atoms with van der Waals surface area (Å²) >= 11 is 1.39. The zero-order valence-electron chi connectivity index (χ0n) is 16.7. The smallest absolute Gasteiger partial charge is 0.232 e. The van der Waals surface area contributed by atoms with Crippen molar-refractivity contribution in [1.82, 2.24) is 9.97 Å². The highest BCUT2D eigenvalue weighted by atomic mass is 32.2. The van der Waals surface area contributed by atoms with Crippen molar-refractivity contribution in [3.63, 3.8) is 0 Å². The maximum atomic E-state index is 14.8. The fourth-order valence-electron chi connectivity index (χ4n) is 3.57. The first-order valence-corrected chi connectivity index (χ1v) is 9.89. The summed E-state index contributed by atoms with van der Waals surface area (Å²) < 4.78 is 25.4. The summed E-state index contributed by atoms with van der Waals surface area (Å²) in [5, 5.41) is 0.365. The zero-order chi connectivity index (χ0) is 21.2. The van der Waals surface area contributed by atoms with E-state index in [0.29, 0.717) is 22.2 Å². The molecule has 29 heavy (non-hydrogen) atoms. The third-order valence-electron chi connectivity index (χ3n) is 4.95. The van der Waals surface area contributed by atoms with Crippen LogP contribution in [0.15, 0.2) is 35.6 Å². The van der Waals surface area contributed by atoms with Crippen molar-refractivity contribution in [2.24, 2.45) is 10.7 Å². The number of methoxy groups -OCH3 is 2. The van der Waals surface area contributed by atoms with E-state index in [1.165, 1.54) is 37.3 Å². The Balaban J connectivity index is 1.93. The van der Waals surface area contributed by atoms with Gasteiger partial charge in [-0.3, -0.25) is 4.79 Å². The molecular weight excluding hydrogens is 395 g/mol. The number of amidine groups is 1. The number of ketones is 1. The van der Waals surface area contributed by atoms with Gasteiger partial charge in [0.15, 0.2) is 11.0 Å². The molecule has 0 radical (unpaired) electrons. The molecule has 2 aromatic rings. The van der Waals surface area contributed by atoms with Gasteiger partial charge in [-0.15, -0.1) is 0 Å². The lowest BCUT2D eigenvalue weighted by atomic mass is 9.83. The van der Waals surface area contributed by atoms with Crippen LogP contribution >= 0.6 is 11.8 Å². The van der Waals surface area contributed by atoms with Crippen molar-refractivity contribution in [3.05, 3.63) is 53.2 Å². The van der Waals surface area contributed by atoms with Crippen LogP contribution in [0.4, 0.5) is 4.39 Å². The molecule has 1 aromatic carbocycles. The number of hydrogen-bond donors (Lipinski definition) is 1. The van der Waals surface area contributed by atoms with Crippen LogP contribution < -0.4 is 10.5 Å². The third kappa shape index (κ3) is 4.25. The number of rotatable bonds is 6. The molecule has 1 aliphatic heterocycles. The Bertz CT molecular complexity index is 938. The van der Waals surface area contributed by atoms with Crippen molar-refractivity contribution in [2.45, 2.75) is 37.2 Å². The SMILES string of the molecule is COc1cnc(C(=O)Cc2ccc(F)c([C@@]3(C)N=C(N)S[C@H](C)[C@@H]3OC)c2)cn1. The molecule has 0 amide bonds. The van der Waals surface area contributed by atoms with Gasteiger partial charge in [-0.1, -0.05) is 24.8 Å². The van der Waals surface area contributed by atoms with Crippen LogP contribution in [0, 0.1) is 5.82 Å². The first kappa shape index (κ1) is 21.2. The minimum Gasteiger partial charge on any atom is -0.480 e. The number of thioether (sulfide) groups is 1. The molecule has 0 aliphatic carbocycles. The average Bonchev–Trinajstić information content (AvgIpc) is 2.69. The molecule has 0 saturated carbocycles. The van der Waals surface area contributed by atoms with Gasteiger partial charge >= 0.3 is 0 Å². The van der Waals surface area contributed by atoms with Crippen molar-refractivity contribution in [3.8, 4) is 5.88 Å². The number of aliphatic imine (C=N–C) groups is 1. The summed E-state index contributed by atoms with van der Waals surface area (Å²) in [5.41, 5.74) is 6.16. The number of nitrogens with two attached hydrogens (primary N) is 1. The summed E-state index contributed by atoms with van der Waals surface area (Å²) in [6.45, 7) is 3.76. The topological polar surface area (TPSA) is 99.7 Å². The molecule has 0 spiro atoms. The van der Waals surface area contributed by atoms with Crippen molar-refractivity contribution in [2.75, 3.05) is 14.2 Å². The molecule has 0 unspecified atom stereocenters. The molecule has 9 heteroatoms. The van der Waals surface area contributed by atoms with E-state index >= 15 is 0 Å². The molecule has 1 aliphatic rings. The summed E-state index contributed by atoms with van der Waals surface area (Å²) in [4.78, 5) is 25.2. The highest BCUT2D eigenvalue weighted by Crippen LogP contribution is 2.41. The van der Waals surface area contributed by atoms with Gasteiger partial charge in [0.05, 0.1) is 25.6 Å². The van der Waals surface area contributed by atoms with Crippen LogP contribution in [-0.2, 0) is 16.7 Å². The van der Waals surface area contributed by atoms with E-state index in [0.717, 1.165) is 0 Å². The fourth-order valence-corrected chi connectivity index (χ4v) is 4.70. The van der Waals surface area contributed by atoms with Gasteiger partial charge in [0.1, 0.15) is 17.1 Å². The molecule has 2 heterocycles. The highest BCUT2D eigenvalue weighted by Gasteiger charge is 2.45. The van der Waals surface area contributed by atoms with Gasteiger partial charge in [0, 0.05) is 24.3 Å². The predicted octanol–water partition coefficient (Wildman–Crippen LogP) is 2.73. The summed E-state index contributed by atoms with van der Waals surface area (Å²) in [7, 11) is 3.05. The van der Waals surface area contributed by atoms with Gasteiger partial charge in [0.2, 0.25) is 5.88 Å². The van der Waals surface area contributed by atoms with Crippen molar-refractivity contribution in [1.29, 1.82) is 0 Å². The Morgan fingerprint density at radius 1 is 1.31 bits per heavy atom. The molecule has 0 saturated heterocycles. The van der Waals surface area contributed by atoms with E-state index in [2.05, 4.69) is 15.0 Å². The lowest BCUT2D eigenvalue weighted by Gasteiger charge is -2.40. The van der Waals surface area contributed by atoms with Crippen molar-refractivity contribution >= 4 is 22.7 Å². The van der Waals surface area contributed by atoms with Gasteiger partial charge in [-0.25, -0.2) is 19.4 Å². The van der Waals surface area contributed by atoms with Crippen LogP contribution in [-0.4, -0.2) is 46.5 Å². The molecule has 154 valence electrons. The monoisotopic (exact) mass is 418 g/mol. The number of halogens is 1. The van der Waals surface area contributed by atoms with Crippen LogP contribution in [0.5, 0.6) is 5.88 Å². The molecule has 3 rings (SSSR count). The Labute approximate surface area is 172 Å². The lowest BCUT2D eigenvalue weighted by Crippen LogP contribution is -2.48. The number of Topliss-reactive ketones (excluding diaryl/α,β-unsaturated/α-hetero) is 1. The third-order valence-corrected chi connectivity index (χ3v) is 5.90. The van der Waals surface area contributed by atoms with Gasteiger partial charge < -0.3 is 15.2 Å². The first-order valence-electron chi connectivity index (χ1n) is 9.01. The number of aromatic nitrogens is 2. The Hall–Kier alpha value is -2.52. The summed E-state index contributed by atoms with van der Waals surface area (Å²) in [5.74, 6) is -0.337. The summed E-state index contributed by atoms with van der Waals surface area (Å²) in [6.07, 6.45) is 2.41. The predicted molar refractivity (Wildman–Crippen MR) is 110 cm³/mol. The normalized spacial score (nSPS) is 24.1.